The van der Waals surface area contributed by atoms with Crippen LogP contribution in [0, 0.1) is 11.2 Å². The van der Waals surface area contributed by atoms with Crippen LogP contribution < -0.4 is 5.32 Å². The fraction of sp³-hybridized carbons (Fsp3) is 0.444. The molecule has 1 aromatic heterocycles. The molecule has 1 amide bonds. The van der Waals surface area contributed by atoms with Crippen molar-refractivity contribution in [2.75, 3.05) is 13.2 Å². The molecule has 0 unspecified atom stereocenters. The highest BCUT2D eigenvalue weighted by Gasteiger charge is 2.26. The second-order valence-corrected chi connectivity index (χ2v) is 5.99. The van der Waals surface area contributed by atoms with Crippen LogP contribution in [0.1, 0.15) is 43.6 Å². The molecule has 0 bridgehead atoms. The number of amides is 1. The highest BCUT2D eigenvalue weighted by molar-refractivity contribution is 5.92. The van der Waals surface area contributed by atoms with Crippen LogP contribution in [0.15, 0.2) is 36.5 Å². The molecule has 0 aliphatic carbocycles. The minimum Gasteiger partial charge on any atom is -0.396 e. The summed E-state index contributed by atoms with van der Waals surface area (Å²) in [7, 11) is 0. The molecule has 0 radical (unpaired) electrons. The van der Waals surface area contributed by atoms with E-state index >= 15 is 0 Å². The van der Waals surface area contributed by atoms with Gasteiger partial charge in [-0.15, -0.1) is 0 Å². The predicted molar refractivity (Wildman–Crippen MR) is 90.6 cm³/mol. The maximum Gasteiger partial charge on any atom is 0.271 e. The normalized spacial score (nSPS) is 11.5. The predicted octanol–water partition coefficient (Wildman–Crippen LogP) is 2.93. The minimum atomic E-state index is -0.353. The van der Waals surface area contributed by atoms with Crippen LogP contribution in [0.5, 0.6) is 0 Å². The number of halogens is 1. The summed E-state index contributed by atoms with van der Waals surface area (Å²) in [6.45, 7) is 4.71. The topological polar surface area (TPSA) is 67.2 Å². The molecule has 2 rings (SSSR count). The number of nitrogens with one attached hydrogen (secondary N) is 1. The molecular formula is C18H24FN3O2. The molecule has 130 valence electrons. The second kappa shape index (κ2) is 8.06. The summed E-state index contributed by atoms with van der Waals surface area (Å²) >= 11 is 0. The van der Waals surface area contributed by atoms with Gasteiger partial charge in [-0.2, -0.15) is 5.10 Å². The van der Waals surface area contributed by atoms with Gasteiger partial charge in [0, 0.05) is 19.3 Å². The lowest BCUT2D eigenvalue weighted by Crippen LogP contribution is -2.37. The lowest BCUT2D eigenvalue weighted by molar-refractivity contribution is 0.0902. The Morgan fingerprint density at radius 3 is 2.71 bits per heavy atom. The summed E-state index contributed by atoms with van der Waals surface area (Å²) in [5.74, 6) is -0.622. The maximum atomic E-state index is 13.3. The number of aliphatic hydroxyl groups is 1. The van der Waals surface area contributed by atoms with Crippen molar-refractivity contribution in [1.82, 2.24) is 15.1 Å². The van der Waals surface area contributed by atoms with Crippen LogP contribution in [0.2, 0.25) is 0 Å². The molecule has 0 saturated heterocycles. The highest BCUT2D eigenvalue weighted by atomic mass is 19.1. The molecule has 2 N–H and O–H groups in total. The molecule has 0 fully saturated rings. The number of hydrogen-bond acceptors (Lipinski definition) is 3. The average molecular weight is 333 g/mol. The van der Waals surface area contributed by atoms with Crippen molar-refractivity contribution >= 4 is 5.91 Å². The van der Waals surface area contributed by atoms with Crippen LogP contribution in [-0.4, -0.2) is 33.9 Å². The van der Waals surface area contributed by atoms with Crippen LogP contribution in [0.4, 0.5) is 4.39 Å². The Morgan fingerprint density at radius 2 is 2.08 bits per heavy atom. The molecule has 0 saturated carbocycles. The van der Waals surface area contributed by atoms with Gasteiger partial charge in [-0.3, -0.25) is 4.79 Å². The third-order valence-corrected chi connectivity index (χ3v) is 4.66. The highest BCUT2D eigenvalue weighted by Crippen LogP contribution is 2.29. The van der Waals surface area contributed by atoms with Crippen molar-refractivity contribution < 1.29 is 14.3 Å². The number of carbonyl (C=O) groups excluding carboxylic acids is 1. The summed E-state index contributed by atoms with van der Waals surface area (Å²) in [6.07, 6.45) is 4.03. The fourth-order valence-corrected chi connectivity index (χ4v) is 2.74. The molecule has 6 heteroatoms. The second-order valence-electron chi connectivity index (χ2n) is 5.99. The SMILES string of the molecule is CCC(CC)(CCO)CNC(=O)c1ccn(-c2cccc(F)c2)n1. The van der Waals surface area contributed by atoms with Crippen molar-refractivity contribution in [3.8, 4) is 5.69 Å². The van der Waals surface area contributed by atoms with E-state index in [-0.39, 0.29) is 29.4 Å². The lowest BCUT2D eigenvalue weighted by Gasteiger charge is -2.31. The number of carbonyl (C=O) groups is 1. The van der Waals surface area contributed by atoms with Crippen molar-refractivity contribution in [3.05, 3.63) is 48.0 Å². The van der Waals surface area contributed by atoms with Crippen molar-refractivity contribution in [3.63, 3.8) is 0 Å². The first kappa shape index (κ1) is 18.1. The van der Waals surface area contributed by atoms with Gasteiger partial charge >= 0.3 is 0 Å². The van der Waals surface area contributed by atoms with Gasteiger partial charge in [-0.1, -0.05) is 19.9 Å². The summed E-state index contributed by atoms with van der Waals surface area (Å²) in [6, 6.07) is 7.63. The number of aromatic nitrogens is 2. The molecule has 1 heterocycles. The van der Waals surface area contributed by atoms with E-state index in [4.69, 9.17) is 0 Å². The first-order valence-electron chi connectivity index (χ1n) is 8.24. The Kier molecular flexibility index (Phi) is 6.09. The van der Waals surface area contributed by atoms with Crippen molar-refractivity contribution in [1.29, 1.82) is 0 Å². The van der Waals surface area contributed by atoms with Gasteiger partial charge in [0.2, 0.25) is 0 Å². The zero-order chi connectivity index (χ0) is 17.6. The van der Waals surface area contributed by atoms with Gasteiger partial charge in [0.25, 0.3) is 5.91 Å². The monoisotopic (exact) mass is 333 g/mol. The molecular weight excluding hydrogens is 309 g/mol. The Balaban J connectivity index is 2.06. The number of rotatable bonds is 8. The summed E-state index contributed by atoms with van der Waals surface area (Å²) in [5.41, 5.74) is 0.741. The maximum absolute atomic E-state index is 13.3. The van der Waals surface area contributed by atoms with Gasteiger partial charge in [0.05, 0.1) is 5.69 Å². The molecule has 0 spiro atoms. The van der Waals surface area contributed by atoms with Gasteiger partial charge in [0.1, 0.15) is 5.82 Å². The van der Waals surface area contributed by atoms with Crippen LogP contribution in [0.25, 0.3) is 5.69 Å². The lowest BCUT2D eigenvalue weighted by atomic mass is 9.79. The van der Waals surface area contributed by atoms with E-state index in [1.54, 1.807) is 24.4 Å². The number of benzene rings is 1. The van der Waals surface area contributed by atoms with E-state index in [1.807, 2.05) is 0 Å². The van der Waals surface area contributed by atoms with Crippen LogP contribution in [-0.2, 0) is 0 Å². The summed E-state index contributed by atoms with van der Waals surface area (Å²) in [5, 5.41) is 16.4. The molecule has 0 atom stereocenters. The molecule has 0 aliphatic heterocycles. The van der Waals surface area contributed by atoms with Crippen LogP contribution in [0.3, 0.4) is 0 Å². The zero-order valence-corrected chi connectivity index (χ0v) is 14.1. The largest absolute Gasteiger partial charge is 0.396 e. The van der Waals surface area contributed by atoms with E-state index < -0.39 is 0 Å². The number of nitrogens with zero attached hydrogens (tertiary/aromatic N) is 2. The molecule has 1 aromatic carbocycles. The number of hydrogen-bond donors (Lipinski definition) is 2. The molecule has 2 aromatic rings. The molecule has 24 heavy (non-hydrogen) atoms. The minimum absolute atomic E-state index is 0.102. The number of aliphatic hydroxyl groups excluding tert-OH is 1. The van der Waals surface area contributed by atoms with E-state index in [1.165, 1.54) is 16.8 Å². The van der Waals surface area contributed by atoms with E-state index in [0.717, 1.165) is 12.8 Å². The van der Waals surface area contributed by atoms with Gasteiger partial charge in [0.15, 0.2) is 5.69 Å². The van der Waals surface area contributed by atoms with E-state index in [0.29, 0.717) is 18.7 Å². The van der Waals surface area contributed by atoms with Gasteiger partial charge in [-0.25, -0.2) is 9.07 Å². The smallest absolute Gasteiger partial charge is 0.271 e. The summed E-state index contributed by atoms with van der Waals surface area (Å²) < 4.78 is 14.8. The fourth-order valence-electron chi connectivity index (χ4n) is 2.74. The van der Waals surface area contributed by atoms with Crippen LogP contribution >= 0.6 is 0 Å². The Labute approximate surface area is 141 Å². The van der Waals surface area contributed by atoms with Gasteiger partial charge in [-0.05, 0) is 48.9 Å². The summed E-state index contributed by atoms with van der Waals surface area (Å²) in [4.78, 5) is 12.3. The third kappa shape index (κ3) is 4.20. The van der Waals surface area contributed by atoms with E-state index in [2.05, 4.69) is 24.3 Å². The first-order chi connectivity index (χ1) is 11.5. The standard InChI is InChI=1S/C18H24FN3O2/c1-3-18(4-2,9-11-23)13-20-17(24)16-8-10-22(21-16)15-7-5-6-14(19)12-15/h5-8,10,12,23H,3-4,9,11,13H2,1-2H3,(H,20,24). The molecule has 0 aliphatic rings. The first-order valence-corrected chi connectivity index (χ1v) is 8.24. The zero-order valence-electron chi connectivity index (χ0n) is 14.1. The Hall–Kier alpha value is -2.21. The van der Waals surface area contributed by atoms with Crippen molar-refractivity contribution in [2.24, 2.45) is 5.41 Å². The molecule has 5 nitrogen and oxygen atoms in total. The van der Waals surface area contributed by atoms with E-state index in [9.17, 15) is 14.3 Å². The average Bonchev–Trinajstić information content (AvgIpc) is 3.09. The van der Waals surface area contributed by atoms with Gasteiger partial charge < -0.3 is 10.4 Å². The Morgan fingerprint density at radius 1 is 1.33 bits per heavy atom. The Bertz CT molecular complexity index is 680. The van der Waals surface area contributed by atoms with Crippen molar-refractivity contribution in [2.45, 2.75) is 33.1 Å². The third-order valence-electron chi connectivity index (χ3n) is 4.66. The quantitative estimate of drug-likeness (QED) is 0.780.